The standard InChI is InChI=1S/C20H32N2O7SSi/c1-11(23)16(19(27)28-6)21-17(26)15(12(2)29-31(7,8)20(3,4)5)18(21)30-22-13(24)9-10-14(22)25/h12,15,18,23H,9-10H2,1-8H3/t12-,15?,18?/m1/s1. The minimum Gasteiger partial charge on any atom is -0.510 e. The molecule has 2 heterocycles. The van der Waals surface area contributed by atoms with Crippen LogP contribution < -0.4 is 0 Å². The predicted molar refractivity (Wildman–Crippen MR) is 118 cm³/mol. The molecule has 2 fully saturated rings. The molecule has 2 aliphatic heterocycles. The summed E-state index contributed by atoms with van der Waals surface area (Å²) in [5.74, 6) is -3.11. The molecule has 9 nitrogen and oxygen atoms in total. The monoisotopic (exact) mass is 472 g/mol. The fourth-order valence-corrected chi connectivity index (χ4v) is 6.12. The number of methoxy groups -OCH3 is 1. The van der Waals surface area contributed by atoms with Crippen molar-refractivity contribution in [2.75, 3.05) is 7.11 Å². The molecular weight excluding hydrogens is 440 g/mol. The molecule has 174 valence electrons. The number of likely N-dealkylation sites (tertiary alicyclic amines) is 1. The Balaban J connectivity index is 2.40. The number of ether oxygens (including phenoxy) is 1. The molecule has 2 saturated heterocycles. The van der Waals surface area contributed by atoms with Crippen molar-refractivity contribution in [2.45, 2.75) is 77.1 Å². The SMILES string of the molecule is COC(=O)C(=C(C)O)N1C(=O)C([C@@H](C)O[Si](C)(C)C(C)(C)C)C1SN1C(=O)CCC1=O. The van der Waals surface area contributed by atoms with Gasteiger partial charge in [-0.3, -0.25) is 19.3 Å². The van der Waals surface area contributed by atoms with Crippen molar-refractivity contribution in [3.8, 4) is 0 Å². The van der Waals surface area contributed by atoms with Crippen LogP contribution in [0.1, 0.15) is 47.5 Å². The van der Waals surface area contributed by atoms with Crippen LogP contribution in [0.15, 0.2) is 11.5 Å². The number of carbonyl (C=O) groups is 4. The molecule has 31 heavy (non-hydrogen) atoms. The lowest BCUT2D eigenvalue weighted by Crippen LogP contribution is -2.65. The highest BCUT2D eigenvalue weighted by atomic mass is 32.2. The summed E-state index contributed by atoms with van der Waals surface area (Å²) in [6.07, 6.45) is -0.314. The van der Waals surface area contributed by atoms with Crippen LogP contribution in [0, 0.1) is 5.92 Å². The summed E-state index contributed by atoms with van der Waals surface area (Å²) in [6.45, 7) is 13.5. The van der Waals surface area contributed by atoms with Gasteiger partial charge >= 0.3 is 5.97 Å². The molecule has 1 N–H and O–H groups in total. The first-order valence-electron chi connectivity index (χ1n) is 10.2. The Labute approximate surface area is 188 Å². The van der Waals surface area contributed by atoms with Gasteiger partial charge in [0.1, 0.15) is 11.1 Å². The topological polar surface area (TPSA) is 113 Å². The lowest BCUT2D eigenvalue weighted by Gasteiger charge is -2.51. The first-order valence-corrected chi connectivity index (χ1v) is 13.9. The quantitative estimate of drug-likeness (QED) is 0.114. The molecule has 0 bridgehead atoms. The van der Waals surface area contributed by atoms with E-state index in [1.54, 1.807) is 6.92 Å². The molecule has 0 aromatic carbocycles. The minimum atomic E-state index is -2.22. The smallest absolute Gasteiger partial charge is 0.358 e. The van der Waals surface area contributed by atoms with Gasteiger partial charge in [-0.25, -0.2) is 9.10 Å². The number of carbonyl (C=O) groups excluding carboxylic acids is 4. The van der Waals surface area contributed by atoms with Gasteiger partial charge in [0, 0.05) is 12.8 Å². The Bertz CT molecular complexity index is 801. The van der Waals surface area contributed by atoms with Crippen molar-refractivity contribution in [3.05, 3.63) is 11.5 Å². The molecule has 2 aliphatic rings. The minimum absolute atomic E-state index is 0.0873. The van der Waals surface area contributed by atoms with Crippen LogP contribution in [0.2, 0.25) is 18.1 Å². The number of aliphatic hydroxyl groups excluding tert-OH is 1. The zero-order valence-electron chi connectivity index (χ0n) is 19.3. The molecule has 3 atom stereocenters. The number of hydrogen-bond donors (Lipinski definition) is 1. The summed E-state index contributed by atoms with van der Waals surface area (Å²) >= 11 is 0.887. The van der Waals surface area contributed by atoms with Gasteiger partial charge in [-0.15, -0.1) is 0 Å². The predicted octanol–water partition coefficient (Wildman–Crippen LogP) is 2.94. The maximum absolute atomic E-state index is 13.2. The number of rotatable bonds is 7. The number of aliphatic hydroxyl groups is 1. The van der Waals surface area contributed by atoms with Gasteiger partial charge in [0.25, 0.3) is 0 Å². The van der Waals surface area contributed by atoms with Crippen LogP contribution in [0.25, 0.3) is 0 Å². The third-order valence-electron chi connectivity index (χ3n) is 6.06. The third kappa shape index (κ3) is 4.83. The van der Waals surface area contributed by atoms with Crippen LogP contribution in [0.4, 0.5) is 0 Å². The van der Waals surface area contributed by atoms with Crippen LogP contribution in [-0.4, -0.2) is 64.9 Å². The maximum atomic E-state index is 13.2. The van der Waals surface area contributed by atoms with Gasteiger partial charge < -0.3 is 14.3 Å². The first kappa shape index (κ1) is 25.4. The van der Waals surface area contributed by atoms with Gasteiger partial charge in [-0.05, 0) is 43.9 Å². The number of hydrogen-bond acceptors (Lipinski definition) is 8. The normalized spacial score (nSPS) is 24.2. The van der Waals surface area contributed by atoms with E-state index >= 15 is 0 Å². The number of β-lactam (4-membered cyclic amide) rings is 1. The van der Waals surface area contributed by atoms with Crippen LogP contribution >= 0.6 is 11.9 Å². The second kappa shape index (κ2) is 8.95. The lowest BCUT2D eigenvalue weighted by atomic mass is 9.92. The summed E-state index contributed by atoms with van der Waals surface area (Å²) in [6, 6.07) is 0. The van der Waals surface area contributed by atoms with Crippen molar-refractivity contribution in [1.82, 2.24) is 9.21 Å². The Morgan fingerprint density at radius 3 is 2.13 bits per heavy atom. The van der Waals surface area contributed by atoms with Crippen molar-refractivity contribution in [1.29, 1.82) is 0 Å². The third-order valence-corrected chi connectivity index (χ3v) is 12.0. The number of amides is 3. The van der Waals surface area contributed by atoms with E-state index in [-0.39, 0.29) is 41.2 Å². The highest BCUT2D eigenvalue weighted by Gasteiger charge is 2.57. The zero-order valence-corrected chi connectivity index (χ0v) is 21.2. The number of imide groups is 1. The molecule has 2 unspecified atom stereocenters. The van der Waals surface area contributed by atoms with Crippen LogP contribution in [0.3, 0.4) is 0 Å². The van der Waals surface area contributed by atoms with E-state index in [0.29, 0.717) is 0 Å². The van der Waals surface area contributed by atoms with Crippen LogP contribution in [-0.2, 0) is 28.3 Å². The second-order valence-corrected chi connectivity index (χ2v) is 15.1. The summed E-state index contributed by atoms with van der Waals surface area (Å²) in [5.41, 5.74) is -0.306. The second-order valence-electron chi connectivity index (χ2n) is 9.32. The zero-order chi connectivity index (χ0) is 23.9. The summed E-state index contributed by atoms with van der Waals surface area (Å²) in [7, 11) is -1.08. The van der Waals surface area contributed by atoms with Gasteiger partial charge in [-0.2, -0.15) is 0 Å². The van der Waals surface area contributed by atoms with Crippen molar-refractivity contribution >= 4 is 44.0 Å². The largest absolute Gasteiger partial charge is 0.510 e. The number of esters is 1. The Morgan fingerprint density at radius 1 is 1.19 bits per heavy atom. The highest BCUT2D eigenvalue weighted by Crippen LogP contribution is 2.46. The fourth-order valence-electron chi connectivity index (χ4n) is 3.28. The van der Waals surface area contributed by atoms with Gasteiger partial charge in [-0.1, -0.05) is 20.8 Å². The van der Waals surface area contributed by atoms with E-state index < -0.39 is 37.6 Å². The molecular formula is C20H32N2O7SSi. The van der Waals surface area contributed by atoms with Crippen LogP contribution in [0.5, 0.6) is 0 Å². The Morgan fingerprint density at radius 2 is 1.71 bits per heavy atom. The number of allylic oxidation sites excluding steroid dienone is 1. The lowest BCUT2D eigenvalue weighted by molar-refractivity contribution is -0.158. The molecule has 11 heteroatoms. The van der Waals surface area contributed by atoms with Crippen molar-refractivity contribution < 1.29 is 33.4 Å². The molecule has 0 radical (unpaired) electrons. The molecule has 0 saturated carbocycles. The van der Waals surface area contributed by atoms with E-state index in [1.165, 1.54) is 6.92 Å². The molecule has 0 aliphatic carbocycles. The maximum Gasteiger partial charge on any atom is 0.358 e. The van der Waals surface area contributed by atoms with E-state index in [0.717, 1.165) is 28.3 Å². The first-order chi connectivity index (χ1) is 14.1. The van der Waals surface area contributed by atoms with Gasteiger partial charge in [0.15, 0.2) is 14.0 Å². The average Bonchev–Trinajstić information content (AvgIpc) is 2.95. The Hall–Kier alpha value is -1.85. The molecule has 0 spiro atoms. The summed E-state index contributed by atoms with van der Waals surface area (Å²) in [5, 5.41) is 9.20. The van der Waals surface area contributed by atoms with E-state index in [2.05, 4.69) is 33.9 Å². The molecule has 3 amide bonds. The summed E-state index contributed by atoms with van der Waals surface area (Å²) in [4.78, 5) is 50.9. The molecule has 2 rings (SSSR count). The fraction of sp³-hybridized carbons (Fsp3) is 0.700. The molecule has 0 aromatic heterocycles. The van der Waals surface area contributed by atoms with Crippen molar-refractivity contribution in [3.63, 3.8) is 0 Å². The Kier molecular flexibility index (Phi) is 7.33. The van der Waals surface area contributed by atoms with Gasteiger partial charge in [0.05, 0.1) is 19.1 Å². The van der Waals surface area contributed by atoms with E-state index in [9.17, 15) is 24.3 Å². The molecule has 0 aromatic rings. The highest BCUT2D eigenvalue weighted by molar-refractivity contribution is 7.98. The number of nitrogens with zero attached hydrogens (tertiary/aromatic N) is 2. The average molecular weight is 473 g/mol. The van der Waals surface area contributed by atoms with E-state index in [1.807, 2.05) is 0 Å². The summed E-state index contributed by atoms with van der Waals surface area (Å²) < 4.78 is 12.2. The van der Waals surface area contributed by atoms with Gasteiger partial charge in [0.2, 0.25) is 17.7 Å². The van der Waals surface area contributed by atoms with E-state index in [4.69, 9.17) is 9.16 Å². The van der Waals surface area contributed by atoms with Crippen molar-refractivity contribution in [2.24, 2.45) is 5.92 Å².